The van der Waals surface area contributed by atoms with Crippen LogP contribution in [-0.4, -0.2) is 17.4 Å². The molecule has 1 amide bonds. The fourth-order valence-corrected chi connectivity index (χ4v) is 2.36. The number of rotatable bonds is 3. The fourth-order valence-electron chi connectivity index (χ4n) is 1.53. The van der Waals surface area contributed by atoms with Gasteiger partial charge in [0.2, 0.25) is 0 Å². The molecule has 0 aliphatic carbocycles. The summed E-state index contributed by atoms with van der Waals surface area (Å²) in [5.41, 5.74) is 5.10. The van der Waals surface area contributed by atoms with Gasteiger partial charge < -0.3 is 16.0 Å². The van der Waals surface area contributed by atoms with Crippen LogP contribution in [-0.2, 0) is 6.54 Å². The summed E-state index contributed by atoms with van der Waals surface area (Å²) in [7, 11) is 0. The van der Waals surface area contributed by atoms with Gasteiger partial charge in [-0.2, -0.15) is 0 Å². The van der Waals surface area contributed by atoms with Crippen LogP contribution in [0.3, 0.4) is 0 Å². The Morgan fingerprint density at radius 1 is 1.40 bits per heavy atom. The summed E-state index contributed by atoms with van der Waals surface area (Å²) in [6.07, 6.45) is 2.88. The summed E-state index contributed by atoms with van der Waals surface area (Å²) in [4.78, 5) is 27.9. The van der Waals surface area contributed by atoms with E-state index in [0.29, 0.717) is 13.1 Å². The zero-order valence-corrected chi connectivity index (χ0v) is 11.4. The van der Waals surface area contributed by atoms with E-state index in [2.05, 4.69) is 22.1 Å². The van der Waals surface area contributed by atoms with Crippen LogP contribution in [0.25, 0.3) is 0 Å². The normalized spacial score (nSPS) is 9.65. The second kappa shape index (κ2) is 6.70. The van der Waals surface area contributed by atoms with E-state index in [9.17, 15) is 9.59 Å². The molecule has 0 atom stereocenters. The Balaban J connectivity index is 1.99. The van der Waals surface area contributed by atoms with Crippen molar-refractivity contribution >= 4 is 17.2 Å². The summed E-state index contributed by atoms with van der Waals surface area (Å²) in [6, 6.07) is 5.09. The highest BCUT2D eigenvalue weighted by Gasteiger charge is 2.09. The second-order valence-corrected chi connectivity index (χ2v) is 5.05. The van der Waals surface area contributed by atoms with Crippen molar-refractivity contribution in [3.05, 3.63) is 56.1 Å². The smallest absolute Gasteiger partial charge is 0.257 e. The first-order valence-electron chi connectivity index (χ1n) is 5.93. The van der Waals surface area contributed by atoms with Gasteiger partial charge in [-0.15, -0.1) is 11.3 Å². The third-order valence-corrected chi connectivity index (χ3v) is 3.47. The number of nitrogens with two attached hydrogens (primary N) is 1. The average molecular weight is 287 g/mol. The van der Waals surface area contributed by atoms with E-state index in [1.165, 1.54) is 29.8 Å². The lowest BCUT2D eigenvalue weighted by Gasteiger charge is -2.02. The van der Waals surface area contributed by atoms with Crippen molar-refractivity contribution in [2.45, 2.75) is 6.54 Å². The minimum Gasteiger partial charge on any atom is -0.367 e. The largest absolute Gasteiger partial charge is 0.367 e. The average Bonchev–Trinajstić information content (AvgIpc) is 2.91. The van der Waals surface area contributed by atoms with Crippen molar-refractivity contribution in [3.63, 3.8) is 0 Å². The number of carbonyl (C=O) groups is 1. The Bertz CT molecular complexity index is 722. The lowest BCUT2D eigenvalue weighted by Crippen LogP contribution is -2.27. The van der Waals surface area contributed by atoms with Crippen molar-refractivity contribution < 1.29 is 4.79 Å². The molecule has 2 aromatic heterocycles. The van der Waals surface area contributed by atoms with E-state index in [0.717, 1.165) is 9.75 Å². The standard InChI is InChI=1S/C14H13N3O2S/c15-6-1-2-10-3-4-11(20-10)8-17-14(19)12-9-16-7-5-13(12)18/h3-5,7,9H,6,8,15H2,(H,16,18)(H,17,19). The van der Waals surface area contributed by atoms with E-state index in [1.54, 1.807) is 0 Å². The van der Waals surface area contributed by atoms with E-state index in [-0.39, 0.29) is 11.0 Å². The van der Waals surface area contributed by atoms with Crippen molar-refractivity contribution in [2.24, 2.45) is 5.73 Å². The third kappa shape index (κ3) is 3.57. The molecule has 6 heteroatoms. The SMILES string of the molecule is NCC#Cc1ccc(CNC(=O)c2c[nH]ccc2=O)s1. The maximum atomic E-state index is 11.8. The molecule has 0 spiro atoms. The van der Waals surface area contributed by atoms with E-state index in [1.807, 2.05) is 12.1 Å². The Morgan fingerprint density at radius 3 is 3.00 bits per heavy atom. The van der Waals surface area contributed by atoms with Gasteiger partial charge in [-0.25, -0.2) is 0 Å². The first-order valence-corrected chi connectivity index (χ1v) is 6.75. The molecule has 0 bridgehead atoms. The maximum absolute atomic E-state index is 11.8. The molecule has 0 radical (unpaired) electrons. The molecule has 0 fully saturated rings. The number of carbonyl (C=O) groups excluding carboxylic acids is 1. The zero-order chi connectivity index (χ0) is 14.4. The van der Waals surface area contributed by atoms with Crippen LogP contribution >= 0.6 is 11.3 Å². The first-order chi connectivity index (χ1) is 9.70. The van der Waals surface area contributed by atoms with Crippen LogP contribution < -0.4 is 16.5 Å². The van der Waals surface area contributed by atoms with E-state index < -0.39 is 5.91 Å². The Morgan fingerprint density at radius 2 is 2.25 bits per heavy atom. The number of amides is 1. The van der Waals surface area contributed by atoms with Crippen molar-refractivity contribution in [3.8, 4) is 11.8 Å². The number of pyridine rings is 1. The highest BCUT2D eigenvalue weighted by atomic mass is 32.1. The Kier molecular flexibility index (Phi) is 4.71. The summed E-state index contributed by atoms with van der Waals surface area (Å²) in [6.45, 7) is 0.683. The summed E-state index contributed by atoms with van der Waals surface area (Å²) < 4.78 is 0. The van der Waals surface area contributed by atoms with Gasteiger partial charge in [0, 0.05) is 23.3 Å². The molecular formula is C14H13N3O2S. The Labute approximate surface area is 119 Å². The zero-order valence-electron chi connectivity index (χ0n) is 10.6. The monoisotopic (exact) mass is 287 g/mol. The van der Waals surface area contributed by atoms with Gasteiger partial charge in [0.05, 0.1) is 18.0 Å². The van der Waals surface area contributed by atoms with Gasteiger partial charge in [0.25, 0.3) is 5.91 Å². The number of aromatic nitrogens is 1. The molecule has 0 saturated heterocycles. The molecule has 4 N–H and O–H groups in total. The van der Waals surface area contributed by atoms with Gasteiger partial charge in [0.1, 0.15) is 5.56 Å². The summed E-state index contributed by atoms with van der Waals surface area (Å²) >= 11 is 1.48. The van der Waals surface area contributed by atoms with Gasteiger partial charge >= 0.3 is 0 Å². The number of hydrogen-bond acceptors (Lipinski definition) is 4. The topological polar surface area (TPSA) is 88.0 Å². The molecule has 2 aromatic rings. The van der Waals surface area contributed by atoms with Gasteiger partial charge in [-0.3, -0.25) is 9.59 Å². The molecule has 20 heavy (non-hydrogen) atoms. The van der Waals surface area contributed by atoms with Crippen molar-refractivity contribution in [1.82, 2.24) is 10.3 Å². The first kappa shape index (κ1) is 14.1. The van der Waals surface area contributed by atoms with E-state index >= 15 is 0 Å². The minimum absolute atomic E-state index is 0.104. The molecule has 2 rings (SSSR count). The molecule has 5 nitrogen and oxygen atoms in total. The van der Waals surface area contributed by atoms with Crippen LogP contribution in [0.4, 0.5) is 0 Å². The van der Waals surface area contributed by atoms with Crippen LogP contribution in [0.15, 0.2) is 35.4 Å². The Hall–Kier alpha value is -2.36. The van der Waals surface area contributed by atoms with Crippen molar-refractivity contribution in [1.29, 1.82) is 0 Å². The van der Waals surface area contributed by atoms with Crippen molar-refractivity contribution in [2.75, 3.05) is 6.54 Å². The minimum atomic E-state index is -0.394. The van der Waals surface area contributed by atoms with Gasteiger partial charge in [-0.05, 0) is 12.1 Å². The lowest BCUT2D eigenvalue weighted by molar-refractivity contribution is 0.0950. The van der Waals surface area contributed by atoms with Crippen LogP contribution in [0.1, 0.15) is 20.1 Å². The van der Waals surface area contributed by atoms with Crippen LogP contribution in [0, 0.1) is 11.8 Å². The second-order valence-electron chi connectivity index (χ2n) is 3.88. The molecule has 102 valence electrons. The quantitative estimate of drug-likeness (QED) is 0.725. The molecule has 0 saturated carbocycles. The summed E-state index contributed by atoms with van der Waals surface area (Å²) in [5, 5.41) is 2.70. The summed E-state index contributed by atoms with van der Waals surface area (Å²) in [5.74, 6) is 5.31. The fraction of sp³-hybridized carbons (Fsp3) is 0.143. The third-order valence-electron chi connectivity index (χ3n) is 2.47. The molecular weight excluding hydrogens is 274 g/mol. The predicted molar refractivity (Wildman–Crippen MR) is 78.5 cm³/mol. The highest BCUT2D eigenvalue weighted by Crippen LogP contribution is 2.15. The number of aromatic amines is 1. The molecule has 0 aromatic carbocycles. The molecule has 0 unspecified atom stereocenters. The van der Waals surface area contributed by atoms with Crippen LogP contribution in [0.5, 0.6) is 0 Å². The number of thiophene rings is 1. The molecule has 2 heterocycles. The van der Waals surface area contributed by atoms with Crippen LogP contribution in [0.2, 0.25) is 0 Å². The number of hydrogen-bond donors (Lipinski definition) is 3. The predicted octanol–water partition coefficient (Wildman–Crippen LogP) is 0.677. The van der Waals surface area contributed by atoms with Gasteiger partial charge in [0.15, 0.2) is 5.43 Å². The van der Waals surface area contributed by atoms with E-state index in [4.69, 9.17) is 5.73 Å². The molecule has 0 aliphatic rings. The van der Waals surface area contributed by atoms with Gasteiger partial charge in [-0.1, -0.05) is 11.8 Å². The lowest BCUT2D eigenvalue weighted by atomic mass is 10.2. The maximum Gasteiger partial charge on any atom is 0.257 e. The molecule has 0 aliphatic heterocycles. The highest BCUT2D eigenvalue weighted by molar-refractivity contribution is 7.12. The number of nitrogens with one attached hydrogen (secondary N) is 2. The number of H-pyrrole nitrogens is 1.